The lowest BCUT2D eigenvalue weighted by Crippen LogP contribution is -2.25. The summed E-state index contributed by atoms with van der Waals surface area (Å²) < 4.78 is 0. The SMILES string of the molecule is CCCN(CCC)Cc1csc(CN)n1. The van der Waals surface area contributed by atoms with Gasteiger partial charge in [-0.05, 0) is 25.9 Å². The Labute approximate surface area is 96.3 Å². The van der Waals surface area contributed by atoms with Gasteiger partial charge in [-0.25, -0.2) is 4.98 Å². The van der Waals surface area contributed by atoms with E-state index in [-0.39, 0.29) is 0 Å². The van der Waals surface area contributed by atoms with E-state index >= 15 is 0 Å². The van der Waals surface area contributed by atoms with Gasteiger partial charge < -0.3 is 5.73 Å². The van der Waals surface area contributed by atoms with E-state index in [4.69, 9.17) is 5.73 Å². The van der Waals surface area contributed by atoms with Gasteiger partial charge in [-0.15, -0.1) is 11.3 Å². The van der Waals surface area contributed by atoms with Crippen molar-refractivity contribution in [2.45, 2.75) is 39.8 Å². The summed E-state index contributed by atoms with van der Waals surface area (Å²) in [5.41, 5.74) is 6.71. The van der Waals surface area contributed by atoms with Crippen LogP contribution in [0.4, 0.5) is 0 Å². The summed E-state index contributed by atoms with van der Waals surface area (Å²) in [4.78, 5) is 6.94. The summed E-state index contributed by atoms with van der Waals surface area (Å²) in [5.74, 6) is 0. The molecule has 0 aliphatic rings. The second-order valence-corrected chi connectivity index (χ2v) is 4.66. The lowest BCUT2D eigenvalue weighted by Gasteiger charge is -2.19. The zero-order valence-electron chi connectivity index (χ0n) is 9.70. The van der Waals surface area contributed by atoms with E-state index in [0.717, 1.165) is 24.6 Å². The Morgan fingerprint density at radius 2 is 2.00 bits per heavy atom. The first-order chi connectivity index (χ1) is 7.30. The van der Waals surface area contributed by atoms with Crippen LogP contribution in [0.1, 0.15) is 37.4 Å². The molecule has 0 saturated carbocycles. The summed E-state index contributed by atoms with van der Waals surface area (Å²) in [5, 5.41) is 3.17. The fourth-order valence-electron chi connectivity index (χ4n) is 1.65. The van der Waals surface area contributed by atoms with Gasteiger partial charge >= 0.3 is 0 Å². The van der Waals surface area contributed by atoms with E-state index in [1.807, 2.05) is 0 Å². The van der Waals surface area contributed by atoms with E-state index in [2.05, 4.69) is 29.1 Å². The maximum absolute atomic E-state index is 5.55. The van der Waals surface area contributed by atoms with Crippen LogP contribution < -0.4 is 5.73 Å². The van der Waals surface area contributed by atoms with Crippen LogP contribution in [0.25, 0.3) is 0 Å². The molecule has 2 N–H and O–H groups in total. The van der Waals surface area contributed by atoms with Crippen LogP contribution in [-0.4, -0.2) is 23.0 Å². The van der Waals surface area contributed by atoms with E-state index in [1.54, 1.807) is 11.3 Å². The van der Waals surface area contributed by atoms with Crippen molar-refractivity contribution in [3.63, 3.8) is 0 Å². The van der Waals surface area contributed by atoms with Crippen LogP contribution in [0.3, 0.4) is 0 Å². The average Bonchev–Trinajstić information content (AvgIpc) is 2.66. The van der Waals surface area contributed by atoms with Crippen LogP contribution in [0.2, 0.25) is 0 Å². The normalized spacial score (nSPS) is 11.2. The molecule has 0 atom stereocenters. The molecule has 0 spiro atoms. The van der Waals surface area contributed by atoms with Gasteiger partial charge in [0.1, 0.15) is 5.01 Å². The predicted molar refractivity (Wildman–Crippen MR) is 65.9 cm³/mol. The Morgan fingerprint density at radius 1 is 1.33 bits per heavy atom. The Balaban J connectivity index is 2.48. The molecule has 0 amide bonds. The largest absolute Gasteiger partial charge is 0.325 e. The van der Waals surface area contributed by atoms with Crippen molar-refractivity contribution in [3.8, 4) is 0 Å². The van der Waals surface area contributed by atoms with E-state index in [0.29, 0.717) is 6.54 Å². The maximum Gasteiger partial charge on any atom is 0.106 e. The highest BCUT2D eigenvalue weighted by Crippen LogP contribution is 2.11. The highest BCUT2D eigenvalue weighted by molar-refractivity contribution is 7.09. The standard InChI is InChI=1S/C11H21N3S/c1-3-5-14(6-4-2)8-10-9-15-11(7-12)13-10/h9H,3-8,12H2,1-2H3. The fourth-order valence-corrected chi connectivity index (χ4v) is 2.31. The number of nitrogens with zero attached hydrogens (tertiary/aromatic N) is 2. The molecule has 3 nitrogen and oxygen atoms in total. The van der Waals surface area contributed by atoms with Crippen LogP contribution in [0.5, 0.6) is 0 Å². The summed E-state index contributed by atoms with van der Waals surface area (Å²) in [6.07, 6.45) is 2.40. The van der Waals surface area contributed by atoms with Gasteiger partial charge in [0.05, 0.1) is 5.69 Å². The van der Waals surface area contributed by atoms with E-state index in [1.165, 1.54) is 18.5 Å². The Kier molecular flexibility index (Phi) is 5.83. The summed E-state index contributed by atoms with van der Waals surface area (Å²) >= 11 is 1.66. The molecular formula is C11H21N3S. The highest BCUT2D eigenvalue weighted by Gasteiger charge is 2.06. The maximum atomic E-state index is 5.55. The molecule has 86 valence electrons. The van der Waals surface area contributed by atoms with Crippen molar-refractivity contribution < 1.29 is 0 Å². The summed E-state index contributed by atoms with van der Waals surface area (Å²) in [6.45, 7) is 8.28. The molecule has 4 heteroatoms. The van der Waals surface area contributed by atoms with E-state index in [9.17, 15) is 0 Å². The molecule has 1 aromatic heterocycles. The van der Waals surface area contributed by atoms with Crippen LogP contribution >= 0.6 is 11.3 Å². The minimum atomic E-state index is 0.562. The van der Waals surface area contributed by atoms with Gasteiger partial charge in [0, 0.05) is 18.5 Å². The van der Waals surface area contributed by atoms with Gasteiger partial charge in [-0.2, -0.15) is 0 Å². The molecule has 0 aliphatic carbocycles. The monoisotopic (exact) mass is 227 g/mol. The van der Waals surface area contributed by atoms with Crippen molar-refractivity contribution in [2.75, 3.05) is 13.1 Å². The van der Waals surface area contributed by atoms with Crippen molar-refractivity contribution in [3.05, 3.63) is 16.1 Å². The Hall–Kier alpha value is -0.450. The second kappa shape index (κ2) is 6.93. The Morgan fingerprint density at radius 3 is 2.47 bits per heavy atom. The number of nitrogens with two attached hydrogens (primary N) is 1. The number of aromatic nitrogens is 1. The summed E-state index contributed by atoms with van der Waals surface area (Å²) in [7, 11) is 0. The van der Waals surface area contributed by atoms with Crippen molar-refractivity contribution >= 4 is 11.3 Å². The number of rotatable bonds is 7. The molecule has 15 heavy (non-hydrogen) atoms. The van der Waals surface area contributed by atoms with Crippen LogP contribution in [-0.2, 0) is 13.1 Å². The molecule has 0 unspecified atom stereocenters. The third-order valence-corrected chi connectivity index (χ3v) is 3.16. The molecule has 0 saturated heterocycles. The van der Waals surface area contributed by atoms with Gasteiger partial charge in [-0.1, -0.05) is 13.8 Å². The third kappa shape index (κ3) is 4.28. The van der Waals surface area contributed by atoms with Crippen LogP contribution in [0, 0.1) is 0 Å². The number of hydrogen-bond acceptors (Lipinski definition) is 4. The van der Waals surface area contributed by atoms with Crippen molar-refractivity contribution in [1.82, 2.24) is 9.88 Å². The minimum Gasteiger partial charge on any atom is -0.325 e. The lowest BCUT2D eigenvalue weighted by molar-refractivity contribution is 0.264. The predicted octanol–water partition coefficient (Wildman–Crippen LogP) is 2.22. The van der Waals surface area contributed by atoms with Gasteiger partial charge in [0.15, 0.2) is 0 Å². The topological polar surface area (TPSA) is 42.1 Å². The zero-order chi connectivity index (χ0) is 11.1. The summed E-state index contributed by atoms with van der Waals surface area (Å²) in [6, 6.07) is 0. The molecule has 1 rings (SSSR count). The van der Waals surface area contributed by atoms with Crippen molar-refractivity contribution in [1.29, 1.82) is 0 Å². The van der Waals surface area contributed by atoms with Gasteiger partial charge in [-0.3, -0.25) is 4.90 Å². The average molecular weight is 227 g/mol. The smallest absolute Gasteiger partial charge is 0.106 e. The van der Waals surface area contributed by atoms with E-state index < -0.39 is 0 Å². The quantitative estimate of drug-likeness (QED) is 0.776. The zero-order valence-corrected chi connectivity index (χ0v) is 10.5. The molecule has 1 heterocycles. The molecule has 1 aromatic rings. The molecule has 0 aromatic carbocycles. The van der Waals surface area contributed by atoms with Gasteiger partial charge in [0.25, 0.3) is 0 Å². The van der Waals surface area contributed by atoms with Crippen LogP contribution in [0.15, 0.2) is 5.38 Å². The number of hydrogen-bond donors (Lipinski definition) is 1. The first-order valence-electron chi connectivity index (χ1n) is 5.65. The minimum absolute atomic E-state index is 0.562. The lowest BCUT2D eigenvalue weighted by atomic mass is 10.3. The molecule has 0 bridgehead atoms. The molecular weight excluding hydrogens is 206 g/mol. The molecule has 0 aliphatic heterocycles. The molecule has 0 fully saturated rings. The first kappa shape index (κ1) is 12.6. The highest BCUT2D eigenvalue weighted by atomic mass is 32.1. The van der Waals surface area contributed by atoms with Gasteiger partial charge in [0.2, 0.25) is 0 Å². The Bertz CT molecular complexity index is 267. The second-order valence-electron chi connectivity index (χ2n) is 3.71. The van der Waals surface area contributed by atoms with Crippen molar-refractivity contribution in [2.24, 2.45) is 5.73 Å². The third-order valence-electron chi connectivity index (χ3n) is 2.24. The molecule has 0 radical (unpaired) electrons. The fraction of sp³-hybridized carbons (Fsp3) is 0.727. The number of thiazole rings is 1. The first-order valence-corrected chi connectivity index (χ1v) is 6.53.